The number of rotatable bonds is 3. The van der Waals surface area contributed by atoms with Gasteiger partial charge in [0, 0.05) is 36.5 Å². The molecule has 1 aliphatic rings. The van der Waals surface area contributed by atoms with E-state index in [4.69, 9.17) is 0 Å². The van der Waals surface area contributed by atoms with E-state index in [1.165, 1.54) is 17.4 Å². The van der Waals surface area contributed by atoms with Crippen molar-refractivity contribution < 1.29 is 8.42 Å². The Hall–Kier alpha value is -1.72. The van der Waals surface area contributed by atoms with Crippen LogP contribution in [0.4, 0.5) is 0 Å². The Morgan fingerprint density at radius 3 is 2.61 bits per heavy atom. The van der Waals surface area contributed by atoms with Gasteiger partial charge in [0.2, 0.25) is 10.0 Å². The first-order valence-corrected chi connectivity index (χ1v) is 9.77. The van der Waals surface area contributed by atoms with Gasteiger partial charge in [-0.25, -0.2) is 12.7 Å². The van der Waals surface area contributed by atoms with Gasteiger partial charge in [-0.3, -0.25) is 4.98 Å². The summed E-state index contributed by atoms with van der Waals surface area (Å²) in [4.78, 5) is 4.61. The highest BCUT2D eigenvalue weighted by atomic mass is 32.2. The van der Waals surface area contributed by atoms with Gasteiger partial charge in [0.05, 0.1) is 6.26 Å². The number of aryl methyl sites for hydroxylation is 1. The van der Waals surface area contributed by atoms with Crippen LogP contribution in [0.1, 0.15) is 30.0 Å². The number of aromatic nitrogens is 1. The van der Waals surface area contributed by atoms with Crippen LogP contribution in [0.25, 0.3) is 11.1 Å². The van der Waals surface area contributed by atoms with Crippen LogP contribution in [0.15, 0.2) is 42.6 Å². The third kappa shape index (κ3) is 3.62. The van der Waals surface area contributed by atoms with Crippen molar-refractivity contribution in [2.24, 2.45) is 0 Å². The molecule has 1 aliphatic heterocycles. The van der Waals surface area contributed by atoms with Crippen LogP contribution in [0, 0.1) is 6.92 Å². The number of piperidine rings is 1. The second-order valence-electron chi connectivity index (χ2n) is 6.25. The second kappa shape index (κ2) is 6.42. The van der Waals surface area contributed by atoms with E-state index in [-0.39, 0.29) is 5.92 Å². The van der Waals surface area contributed by atoms with Gasteiger partial charge in [-0.15, -0.1) is 0 Å². The van der Waals surface area contributed by atoms with Crippen LogP contribution in [0.3, 0.4) is 0 Å². The van der Waals surface area contributed by atoms with E-state index in [2.05, 4.69) is 30.1 Å². The summed E-state index contributed by atoms with van der Waals surface area (Å²) in [5.41, 5.74) is 4.49. The van der Waals surface area contributed by atoms with E-state index in [0.29, 0.717) is 13.1 Å². The zero-order valence-corrected chi connectivity index (χ0v) is 14.4. The molecule has 0 N–H and O–H groups in total. The molecule has 0 aliphatic carbocycles. The Balaban J connectivity index is 1.81. The van der Waals surface area contributed by atoms with Crippen LogP contribution in [0.2, 0.25) is 0 Å². The maximum absolute atomic E-state index is 11.7. The summed E-state index contributed by atoms with van der Waals surface area (Å²) >= 11 is 0. The number of hydrogen-bond acceptors (Lipinski definition) is 3. The molecule has 0 radical (unpaired) electrons. The maximum Gasteiger partial charge on any atom is 0.211 e. The molecule has 5 heteroatoms. The molecule has 23 heavy (non-hydrogen) atoms. The molecule has 1 aromatic carbocycles. The molecule has 0 bridgehead atoms. The summed E-state index contributed by atoms with van der Waals surface area (Å²) < 4.78 is 25.1. The molecule has 0 spiro atoms. The Morgan fingerprint density at radius 2 is 1.96 bits per heavy atom. The highest BCUT2D eigenvalue weighted by Crippen LogP contribution is 2.29. The van der Waals surface area contributed by atoms with Gasteiger partial charge in [0.15, 0.2) is 0 Å². The van der Waals surface area contributed by atoms with Crippen molar-refractivity contribution in [3.8, 4) is 11.1 Å². The maximum atomic E-state index is 11.7. The summed E-state index contributed by atoms with van der Waals surface area (Å²) in [5.74, 6) is 0.185. The van der Waals surface area contributed by atoms with Crippen molar-refractivity contribution in [3.05, 3.63) is 53.9 Å². The van der Waals surface area contributed by atoms with Crippen LogP contribution in [-0.4, -0.2) is 37.1 Å². The highest BCUT2D eigenvalue weighted by molar-refractivity contribution is 7.88. The number of pyridine rings is 1. The van der Waals surface area contributed by atoms with Gasteiger partial charge in [0.1, 0.15) is 0 Å². The van der Waals surface area contributed by atoms with Crippen molar-refractivity contribution in [1.29, 1.82) is 0 Å². The molecule has 1 aromatic heterocycles. The second-order valence-corrected chi connectivity index (χ2v) is 8.23. The molecule has 3 rings (SSSR count). The van der Waals surface area contributed by atoms with Crippen molar-refractivity contribution in [1.82, 2.24) is 9.29 Å². The number of nitrogens with zero attached hydrogens (tertiary/aromatic N) is 2. The Kier molecular flexibility index (Phi) is 4.50. The first-order chi connectivity index (χ1) is 10.9. The first-order valence-electron chi connectivity index (χ1n) is 7.92. The summed E-state index contributed by atoms with van der Waals surface area (Å²) in [5, 5.41) is 0. The van der Waals surface area contributed by atoms with Gasteiger partial charge in [-0.2, -0.15) is 0 Å². The van der Waals surface area contributed by atoms with Crippen LogP contribution >= 0.6 is 0 Å². The lowest BCUT2D eigenvalue weighted by atomic mass is 9.94. The van der Waals surface area contributed by atoms with Crippen molar-refractivity contribution in [3.63, 3.8) is 0 Å². The van der Waals surface area contributed by atoms with Crippen LogP contribution in [-0.2, 0) is 10.0 Å². The molecular weight excluding hydrogens is 308 g/mol. The Labute approximate surface area is 138 Å². The fourth-order valence-electron chi connectivity index (χ4n) is 3.19. The minimum absolute atomic E-state index is 0.185. The third-order valence-electron chi connectivity index (χ3n) is 4.51. The molecule has 122 valence electrons. The topological polar surface area (TPSA) is 50.3 Å². The predicted molar refractivity (Wildman–Crippen MR) is 92.8 cm³/mol. The van der Waals surface area contributed by atoms with Gasteiger partial charge in [0.25, 0.3) is 0 Å². The minimum Gasteiger partial charge on any atom is -0.260 e. The van der Waals surface area contributed by atoms with Crippen molar-refractivity contribution in [2.75, 3.05) is 19.3 Å². The number of hydrogen-bond donors (Lipinski definition) is 0. The zero-order valence-electron chi connectivity index (χ0n) is 13.6. The normalized spacial score (nSPS) is 19.7. The van der Waals surface area contributed by atoms with Gasteiger partial charge in [-0.05, 0) is 37.0 Å². The summed E-state index contributed by atoms with van der Waals surface area (Å²) in [6.07, 6.45) is 5.06. The van der Waals surface area contributed by atoms with Crippen LogP contribution in [0.5, 0.6) is 0 Å². The lowest BCUT2D eigenvalue weighted by Crippen LogP contribution is -2.38. The van der Waals surface area contributed by atoms with E-state index < -0.39 is 10.0 Å². The lowest BCUT2D eigenvalue weighted by molar-refractivity contribution is 0.314. The molecule has 2 aromatic rings. The monoisotopic (exact) mass is 330 g/mol. The van der Waals surface area contributed by atoms with Gasteiger partial charge in [-0.1, -0.05) is 30.3 Å². The van der Waals surface area contributed by atoms with Gasteiger partial charge < -0.3 is 0 Å². The smallest absolute Gasteiger partial charge is 0.211 e. The fraction of sp³-hybridized carbons (Fsp3) is 0.389. The van der Waals surface area contributed by atoms with Gasteiger partial charge >= 0.3 is 0 Å². The molecule has 0 saturated carbocycles. The third-order valence-corrected chi connectivity index (χ3v) is 5.78. The number of benzene rings is 1. The summed E-state index contributed by atoms with van der Waals surface area (Å²) in [6, 6.07) is 12.4. The molecule has 4 nitrogen and oxygen atoms in total. The van der Waals surface area contributed by atoms with Crippen molar-refractivity contribution >= 4 is 10.0 Å². The first kappa shape index (κ1) is 16.1. The van der Waals surface area contributed by atoms with E-state index in [0.717, 1.165) is 24.1 Å². The molecule has 2 heterocycles. The lowest BCUT2D eigenvalue weighted by Gasteiger charge is -2.30. The van der Waals surface area contributed by atoms with E-state index in [9.17, 15) is 8.42 Å². The average molecular weight is 330 g/mol. The minimum atomic E-state index is -3.12. The average Bonchev–Trinajstić information content (AvgIpc) is 2.55. The molecule has 1 unspecified atom stereocenters. The fourth-order valence-corrected chi connectivity index (χ4v) is 4.10. The van der Waals surface area contributed by atoms with Crippen molar-refractivity contribution in [2.45, 2.75) is 25.7 Å². The van der Waals surface area contributed by atoms with E-state index in [1.54, 1.807) is 4.31 Å². The molecule has 0 amide bonds. The largest absolute Gasteiger partial charge is 0.260 e. The predicted octanol–water partition coefficient (Wildman–Crippen LogP) is 3.20. The Morgan fingerprint density at radius 1 is 1.17 bits per heavy atom. The molecule has 1 saturated heterocycles. The number of sulfonamides is 1. The SMILES string of the molecule is Cc1ccccc1-c1ccc(C2CCCN(S(C)(=O)=O)C2)nc1. The molecule has 1 atom stereocenters. The molecular formula is C18H22N2O2S. The van der Waals surface area contributed by atoms with Crippen LogP contribution < -0.4 is 0 Å². The summed E-state index contributed by atoms with van der Waals surface area (Å²) in [7, 11) is -3.12. The molecule has 1 fully saturated rings. The Bertz CT molecular complexity index is 785. The van der Waals surface area contributed by atoms with E-state index in [1.807, 2.05) is 24.4 Å². The zero-order chi connectivity index (χ0) is 16.4. The highest BCUT2D eigenvalue weighted by Gasteiger charge is 2.27. The van der Waals surface area contributed by atoms with E-state index >= 15 is 0 Å². The quantitative estimate of drug-likeness (QED) is 0.868. The standard InChI is InChI=1S/C18H22N2O2S/c1-14-6-3-4-8-17(14)15-9-10-18(19-12-15)16-7-5-11-20(13-16)23(2,21)22/h3-4,6,8-10,12,16H,5,7,11,13H2,1-2H3. The summed E-state index contributed by atoms with van der Waals surface area (Å²) in [6.45, 7) is 3.25.